The van der Waals surface area contributed by atoms with Crippen LogP contribution in [0.15, 0.2) is 30.3 Å². The van der Waals surface area contributed by atoms with Crippen molar-refractivity contribution in [3.8, 4) is 11.3 Å². The van der Waals surface area contributed by atoms with Gasteiger partial charge in [-0.15, -0.1) is 24.8 Å². The van der Waals surface area contributed by atoms with Crippen molar-refractivity contribution in [2.75, 3.05) is 19.6 Å². The lowest BCUT2D eigenvalue weighted by atomic mass is 9.86. The van der Waals surface area contributed by atoms with Crippen LogP contribution >= 0.6 is 24.8 Å². The highest BCUT2D eigenvalue weighted by molar-refractivity contribution is 5.85. The van der Waals surface area contributed by atoms with Gasteiger partial charge in [-0.25, -0.2) is 0 Å². The van der Waals surface area contributed by atoms with Gasteiger partial charge in [0.15, 0.2) is 0 Å². The van der Waals surface area contributed by atoms with Crippen molar-refractivity contribution < 1.29 is 0 Å². The summed E-state index contributed by atoms with van der Waals surface area (Å²) in [6, 6.07) is 11.1. The van der Waals surface area contributed by atoms with Gasteiger partial charge in [-0.2, -0.15) is 5.10 Å². The second kappa shape index (κ2) is 9.92. The van der Waals surface area contributed by atoms with Gasteiger partial charge in [-0.1, -0.05) is 36.8 Å². The molecular weight excluding hydrogens is 379 g/mol. The standard InChI is InChI=1S/C21H30N4.2ClH/c1-24-20-11-13-25(15-16-6-5-9-18(22)14-16)12-10-19(20)21(23-24)17-7-3-2-4-8-17;;/h2-4,7-8,16,18H,5-6,9-15,22H2,1H3;2*1H/t16-,18-;;/m0../s1. The molecule has 1 fully saturated rings. The summed E-state index contributed by atoms with van der Waals surface area (Å²) >= 11 is 0. The first kappa shape index (κ1) is 22.2. The van der Waals surface area contributed by atoms with Crippen LogP contribution in [0.4, 0.5) is 0 Å². The number of aryl methyl sites for hydroxylation is 1. The van der Waals surface area contributed by atoms with Crippen molar-refractivity contribution in [2.45, 2.75) is 44.6 Å². The van der Waals surface area contributed by atoms with Gasteiger partial charge in [0.1, 0.15) is 0 Å². The third-order valence-corrected chi connectivity index (χ3v) is 6.00. The van der Waals surface area contributed by atoms with Crippen molar-refractivity contribution in [2.24, 2.45) is 18.7 Å². The lowest BCUT2D eigenvalue weighted by Crippen LogP contribution is -2.37. The Morgan fingerprint density at radius 1 is 1.07 bits per heavy atom. The molecule has 0 spiro atoms. The lowest BCUT2D eigenvalue weighted by molar-refractivity contribution is 0.198. The Hall–Kier alpha value is -1.07. The van der Waals surface area contributed by atoms with E-state index in [0.717, 1.165) is 31.8 Å². The summed E-state index contributed by atoms with van der Waals surface area (Å²) in [6.07, 6.45) is 7.29. The first-order valence-electron chi connectivity index (χ1n) is 9.79. The molecule has 2 atom stereocenters. The highest BCUT2D eigenvalue weighted by Gasteiger charge is 2.25. The number of hydrogen-bond acceptors (Lipinski definition) is 3. The normalized spacial score (nSPS) is 22.9. The molecule has 6 heteroatoms. The van der Waals surface area contributed by atoms with E-state index in [0.29, 0.717) is 6.04 Å². The number of nitrogens with two attached hydrogens (primary N) is 1. The van der Waals surface area contributed by atoms with Crippen LogP contribution in [0.5, 0.6) is 0 Å². The van der Waals surface area contributed by atoms with Gasteiger partial charge >= 0.3 is 0 Å². The topological polar surface area (TPSA) is 47.1 Å². The molecule has 1 aromatic carbocycles. The Kier molecular flexibility index (Phi) is 8.17. The Labute approximate surface area is 175 Å². The zero-order valence-corrected chi connectivity index (χ0v) is 17.8. The van der Waals surface area contributed by atoms with Crippen molar-refractivity contribution in [3.63, 3.8) is 0 Å². The molecule has 150 valence electrons. The Morgan fingerprint density at radius 2 is 1.81 bits per heavy atom. The Morgan fingerprint density at radius 3 is 2.56 bits per heavy atom. The van der Waals surface area contributed by atoms with Crippen LogP contribution < -0.4 is 5.73 Å². The van der Waals surface area contributed by atoms with E-state index in [4.69, 9.17) is 10.8 Å². The number of hydrogen-bond donors (Lipinski definition) is 1. The van der Waals surface area contributed by atoms with Gasteiger partial charge in [-0.3, -0.25) is 4.68 Å². The fraction of sp³-hybridized carbons (Fsp3) is 0.571. The number of fused-ring (bicyclic) bond motifs is 1. The second-order valence-electron chi connectivity index (χ2n) is 7.86. The minimum absolute atomic E-state index is 0. The number of nitrogens with zero attached hydrogens (tertiary/aromatic N) is 3. The Balaban J connectivity index is 0.00000131. The van der Waals surface area contributed by atoms with Crippen LogP contribution in [0.2, 0.25) is 0 Å². The lowest BCUT2D eigenvalue weighted by Gasteiger charge is -2.31. The summed E-state index contributed by atoms with van der Waals surface area (Å²) in [4.78, 5) is 2.66. The van der Waals surface area contributed by atoms with Gasteiger partial charge in [0, 0.05) is 56.0 Å². The quantitative estimate of drug-likeness (QED) is 0.835. The highest BCUT2D eigenvalue weighted by Crippen LogP contribution is 2.29. The number of halogens is 2. The largest absolute Gasteiger partial charge is 0.328 e. The molecule has 27 heavy (non-hydrogen) atoms. The molecule has 0 amide bonds. The van der Waals surface area contributed by atoms with E-state index in [9.17, 15) is 0 Å². The molecule has 4 rings (SSSR count). The molecular formula is C21H32Cl2N4. The monoisotopic (exact) mass is 410 g/mol. The maximum absolute atomic E-state index is 6.19. The van der Waals surface area contributed by atoms with Crippen LogP contribution in [-0.2, 0) is 19.9 Å². The maximum Gasteiger partial charge on any atom is 0.0958 e. The molecule has 0 bridgehead atoms. The fourth-order valence-corrected chi connectivity index (χ4v) is 4.70. The molecule has 2 N–H and O–H groups in total. The molecule has 0 saturated heterocycles. The second-order valence-corrected chi connectivity index (χ2v) is 7.86. The van der Waals surface area contributed by atoms with E-state index in [1.54, 1.807) is 0 Å². The summed E-state index contributed by atoms with van der Waals surface area (Å²) in [7, 11) is 2.10. The van der Waals surface area contributed by atoms with Gasteiger partial charge < -0.3 is 10.6 Å². The van der Waals surface area contributed by atoms with E-state index >= 15 is 0 Å². The minimum atomic E-state index is 0. The van der Waals surface area contributed by atoms with Crippen LogP contribution in [0.25, 0.3) is 11.3 Å². The first-order valence-corrected chi connectivity index (χ1v) is 9.79. The average molecular weight is 411 g/mol. The van der Waals surface area contributed by atoms with Gasteiger partial charge in [0.05, 0.1) is 5.69 Å². The van der Waals surface area contributed by atoms with Gasteiger partial charge in [-0.05, 0) is 31.6 Å². The molecule has 2 aromatic rings. The fourth-order valence-electron chi connectivity index (χ4n) is 4.70. The third-order valence-electron chi connectivity index (χ3n) is 6.00. The van der Waals surface area contributed by atoms with Crippen molar-refractivity contribution in [1.82, 2.24) is 14.7 Å². The van der Waals surface area contributed by atoms with Gasteiger partial charge in [0.2, 0.25) is 0 Å². The number of benzene rings is 1. The smallest absolute Gasteiger partial charge is 0.0958 e. The van der Waals surface area contributed by atoms with E-state index in [-0.39, 0.29) is 24.8 Å². The van der Waals surface area contributed by atoms with E-state index in [2.05, 4.69) is 47.0 Å². The SMILES string of the molecule is Cl.Cl.Cn1nc(-c2ccccc2)c2c1CCN(C[C@H]1CCC[C@H](N)C1)CC2. The maximum atomic E-state index is 6.19. The molecule has 1 aliphatic heterocycles. The van der Waals surface area contributed by atoms with E-state index in [1.807, 2.05) is 0 Å². The third kappa shape index (κ3) is 5.05. The molecule has 0 radical (unpaired) electrons. The summed E-state index contributed by atoms with van der Waals surface area (Å²) in [6.45, 7) is 3.51. The summed E-state index contributed by atoms with van der Waals surface area (Å²) in [5.41, 5.74) is 11.5. The summed E-state index contributed by atoms with van der Waals surface area (Å²) in [5, 5.41) is 4.84. The zero-order chi connectivity index (χ0) is 17.2. The summed E-state index contributed by atoms with van der Waals surface area (Å²) in [5.74, 6) is 0.789. The highest BCUT2D eigenvalue weighted by atomic mass is 35.5. The molecule has 1 aliphatic carbocycles. The first-order chi connectivity index (χ1) is 12.2. The van der Waals surface area contributed by atoms with Crippen molar-refractivity contribution in [3.05, 3.63) is 41.6 Å². The zero-order valence-electron chi connectivity index (χ0n) is 16.1. The minimum Gasteiger partial charge on any atom is -0.328 e. The van der Waals surface area contributed by atoms with E-state index in [1.165, 1.54) is 54.7 Å². The van der Waals surface area contributed by atoms with Crippen molar-refractivity contribution >= 4 is 24.8 Å². The molecule has 2 heterocycles. The predicted octanol–water partition coefficient (Wildman–Crippen LogP) is 3.85. The van der Waals surface area contributed by atoms with Crippen LogP contribution in [0, 0.1) is 5.92 Å². The number of aromatic nitrogens is 2. The number of rotatable bonds is 3. The molecule has 1 saturated carbocycles. The molecule has 0 unspecified atom stereocenters. The van der Waals surface area contributed by atoms with E-state index < -0.39 is 0 Å². The van der Waals surface area contributed by atoms with Crippen molar-refractivity contribution in [1.29, 1.82) is 0 Å². The predicted molar refractivity (Wildman–Crippen MR) is 117 cm³/mol. The molecule has 2 aliphatic rings. The Bertz CT molecular complexity index is 716. The van der Waals surface area contributed by atoms with Crippen LogP contribution in [-0.4, -0.2) is 40.4 Å². The molecule has 4 nitrogen and oxygen atoms in total. The average Bonchev–Trinajstić information content (AvgIpc) is 2.79. The van der Waals surface area contributed by atoms with Crippen LogP contribution in [0.1, 0.15) is 36.9 Å². The summed E-state index contributed by atoms with van der Waals surface area (Å²) < 4.78 is 2.11. The molecule has 1 aromatic heterocycles. The van der Waals surface area contributed by atoms with Crippen LogP contribution in [0.3, 0.4) is 0 Å². The van der Waals surface area contributed by atoms with Gasteiger partial charge in [0.25, 0.3) is 0 Å².